The molecule has 2 aromatic carbocycles. The first-order chi connectivity index (χ1) is 13.5. The van der Waals surface area contributed by atoms with Crippen LogP contribution in [0.15, 0.2) is 42.5 Å². The highest BCUT2D eigenvalue weighted by atomic mass is 19.1. The number of halogens is 1. The smallest absolute Gasteiger partial charge is 0.257 e. The van der Waals surface area contributed by atoms with E-state index in [-0.39, 0.29) is 11.7 Å². The van der Waals surface area contributed by atoms with Crippen molar-refractivity contribution < 1.29 is 13.9 Å². The van der Waals surface area contributed by atoms with Gasteiger partial charge in [-0.1, -0.05) is 12.1 Å². The van der Waals surface area contributed by atoms with Gasteiger partial charge in [0.25, 0.3) is 5.91 Å². The van der Waals surface area contributed by atoms with E-state index in [1.54, 1.807) is 7.11 Å². The van der Waals surface area contributed by atoms with Crippen molar-refractivity contribution in [2.24, 2.45) is 5.92 Å². The van der Waals surface area contributed by atoms with Crippen molar-refractivity contribution in [2.45, 2.75) is 26.2 Å². The average Bonchev–Trinajstić information content (AvgIpc) is 3.07. The minimum atomic E-state index is -0.201. The van der Waals surface area contributed by atoms with E-state index in [1.165, 1.54) is 12.1 Å². The summed E-state index contributed by atoms with van der Waals surface area (Å²) in [6, 6.07) is 12.6. The second kappa shape index (κ2) is 7.66. The number of likely N-dealkylation sites (tertiary alicyclic amines) is 1. The summed E-state index contributed by atoms with van der Waals surface area (Å²) in [5, 5.41) is 1.02. The molecule has 146 valence electrons. The van der Waals surface area contributed by atoms with Crippen LogP contribution in [0.1, 0.15) is 34.5 Å². The summed E-state index contributed by atoms with van der Waals surface area (Å²) < 4.78 is 18.6. The lowest BCUT2D eigenvalue weighted by molar-refractivity contribution is 0.0687. The number of nitrogens with zero attached hydrogens (tertiary/aromatic N) is 1. The van der Waals surface area contributed by atoms with Crippen molar-refractivity contribution in [3.05, 3.63) is 65.1 Å². The van der Waals surface area contributed by atoms with Crippen LogP contribution in [-0.4, -0.2) is 36.0 Å². The minimum Gasteiger partial charge on any atom is -0.496 e. The Labute approximate surface area is 164 Å². The van der Waals surface area contributed by atoms with Crippen LogP contribution in [0.5, 0.6) is 5.75 Å². The molecule has 3 aromatic rings. The summed E-state index contributed by atoms with van der Waals surface area (Å²) in [5.41, 5.74) is 3.80. The summed E-state index contributed by atoms with van der Waals surface area (Å²) in [4.78, 5) is 18.3. The van der Waals surface area contributed by atoms with Gasteiger partial charge in [0.05, 0.1) is 12.7 Å². The molecule has 1 aliphatic rings. The van der Waals surface area contributed by atoms with Crippen molar-refractivity contribution in [3.8, 4) is 5.75 Å². The van der Waals surface area contributed by atoms with Gasteiger partial charge in [-0.25, -0.2) is 4.39 Å². The zero-order chi connectivity index (χ0) is 19.7. The number of benzene rings is 2. The number of amides is 1. The lowest BCUT2D eigenvalue weighted by Crippen LogP contribution is -2.39. The maximum Gasteiger partial charge on any atom is 0.257 e. The molecule has 0 atom stereocenters. The van der Waals surface area contributed by atoms with Gasteiger partial charge >= 0.3 is 0 Å². The Bertz CT molecular complexity index is 986. The first kappa shape index (κ1) is 18.5. The lowest BCUT2D eigenvalue weighted by Gasteiger charge is -2.32. The van der Waals surface area contributed by atoms with Crippen molar-refractivity contribution in [1.29, 1.82) is 0 Å². The van der Waals surface area contributed by atoms with Crippen molar-refractivity contribution >= 4 is 16.8 Å². The van der Waals surface area contributed by atoms with Gasteiger partial charge in [0.15, 0.2) is 0 Å². The molecule has 0 unspecified atom stereocenters. The average molecular weight is 380 g/mol. The molecule has 4 rings (SSSR count). The largest absolute Gasteiger partial charge is 0.496 e. The number of H-pyrrole nitrogens is 1. The fourth-order valence-corrected chi connectivity index (χ4v) is 4.11. The standard InChI is InChI=1S/C23H25FN2O2/c1-15-11-18-13-20(22(28-2)14-21(18)25-15)23(27)26-9-7-17(8-10-26)12-16-3-5-19(24)6-4-16/h3-6,11,13-14,17,25H,7-10,12H2,1-2H3. The topological polar surface area (TPSA) is 45.3 Å². The highest BCUT2D eigenvalue weighted by Gasteiger charge is 2.26. The van der Waals surface area contributed by atoms with Crippen LogP contribution >= 0.6 is 0 Å². The molecule has 0 saturated carbocycles. The van der Waals surface area contributed by atoms with E-state index >= 15 is 0 Å². The van der Waals surface area contributed by atoms with E-state index in [4.69, 9.17) is 4.74 Å². The number of fused-ring (bicyclic) bond motifs is 1. The number of aryl methyl sites for hydroxylation is 1. The van der Waals surface area contributed by atoms with Gasteiger partial charge < -0.3 is 14.6 Å². The third kappa shape index (κ3) is 3.75. The van der Waals surface area contributed by atoms with E-state index in [2.05, 4.69) is 4.98 Å². The first-order valence-corrected chi connectivity index (χ1v) is 9.74. The molecule has 1 aromatic heterocycles. The summed E-state index contributed by atoms with van der Waals surface area (Å²) in [7, 11) is 1.60. The van der Waals surface area contributed by atoms with E-state index in [0.29, 0.717) is 17.2 Å². The van der Waals surface area contributed by atoms with Gasteiger partial charge in [0.1, 0.15) is 11.6 Å². The molecule has 0 bridgehead atoms. The maximum absolute atomic E-state index is 13.1. The third-order valence-electron chi connectivity index (χ3n) is 5.65. The zero-order valence-corrected chi connectivity index (χ0v) is 16.3. The highest BCUT2D eigenvalue weighted by Crippen LogP contribution is 2.29. The number of hydrogen-bond acceptors (Lipinski definition) is 2. The number of ether oxygens (including phenoxy) is 1. The molecule has 0 radical (unpaired) electrons. The fraction of sp³-hybridized carbons (Fsp3) is 0.348. The van der Waals surface area contributed by atoms with Crippen LogP contribution in [0.4, 0.5) is 4.39 Å². The molecule has 1 N–H and O–H groups in total. The SMILES string of the molecule is COc1cc2[nH]c(C)cc2cc1C(=O)N1CCC(Cc2ccc(F)cc2)CC1. The van der Waals surface area contributed by atoms with Crippen LogP contribution in [0.25, 0.3) is 10.9 Å². The number of carbonyl (C=O) groups is 1. The summed E-state index contributed by atoms with van der Waals surface area (Å²) in [5.74, 6) is 0.949. The van der Waals surface area contributed by atoms with E-state index in [1.807, 2.05) is 42.2 Å². The monoisotopic (exact) mass is 380 g/mol. The lowest BCUT2D eigenvalue weighted by atomic mass is 9.90. The van der Waals surface area contributed by atoms with Crippen LogP contribution in [0.3, 0.4) is 0 Å². The number of nitrogens with one attached hydrogen (secondary N) is 1. The molecule has 1 saturated heterocycles. The second-order valence-corrected chi connectivity index (χ2v) is 7.66. The Morgan fingerprint density at radius 1 is 1.18 bits per heavy atom. The number of methoxy groups -OCH3 is 1. The van der Waals surface area contributed by atoms with Gasteiger partial charge in [-0.2, -0.15) is 0 Å². The Morgan fingerprint density at radius 2 is 1.89 bits per heavy atom. The van der Waals surface area contributed by atoms with Gasteiger partial charge in [-0.05, 0) is 61.9 Å². The van der Waals surface area contributed by atoms with Gasteiger partial charge in [0.2, 0.25) is 0 Å². The van der Waals surface area contributed by atoms with Crippen molar-refractivity contribution in [1.82, 2.24) is 9.88 Å². The molecule has 4 nitrogen and oxygen atoms in total. The third-order valence-corrected chi connectivity index (χ3v) is 5.65. The molecular weight excluding hydrogens is 355 g/mol. The van der Waals surface area contributed by atoms with Gasteiger partial charge in [0, 0.05) is 35.8 Å². The number of carbonyl (C=O) groups excluding carboxylic acids is 1. The number of aromatic amines is 1. The zero-order valence-electron chi connectivity index (χ0n) is 16.3. The predicted octanol–water partition coefficient (Wildman–Crippen LogP) is 4.72. The van der Waals surface area contributed by atoms with E-state index in [0.717, 1.165) is 54.5 Å². The normalized spacial score (nSPS) is 15.2. The highest BCUT2D eigenvalue weighted by molar-refractivity contribution is 6.01. The first-order valence-electron chi connectivity index (χ1n) is 9.74. The predicted molar refractivity (Wildman–Crippen MR) is 108 cm³/mol. The number of piperidine rings is 1. The number of rotatable bonds is 4. The molecular formula is C23H25FN2O2. The van der Waals surface area contributed by atoms with E-state index < -0.39 is 0 Å². The Morgan fingerprint density at radius 3 is 2.57 bits per heavy atom. The van der Waals surface area contributed by atoms with Crippen molar-refractivity contribution in [2.75, 3.05) is 20.2 Å². The molecule has 5 heteroatoms. The van der Waals surface area contributed by atoms with Crippen LogP contribution < -0.4 is 4.74 Å². The molecule has 2 heterocycles. The van der Waals surface area contributed by atoms with Crippen LogP contribution in [0, 0.1) is 18.7 Å². The molecule has 0 spiro atoms. The Balaban J connectivity index is 1.45. The van der Waals surface area contributed by atoms with Crippen LogP contribution in [-0.2, 0) is 6.42 Å². The summed E-state index contributed by atoms with van der Waals surface area (Å²) in [6.45, 7) is 3.47. The summed E-state index contributed by atoms with van der Waals surface area (Å²) in [6.07, 6.45) is 2.84. The number of hydrogen-bond donors (Lipinski definition) is 1. The molecule has 28 heavy (non-hydrogen) atoms. The van der Waals surface area contributed by atoms with Crippen molar-refractivity contribution in [3.63, 3.8) is 0 Å². The van der Waals surface area contributed by atoms with Gasteiger partial charge in [-0.3, -0.25) is 4.79 Å². The maximum atomic E-state index is 13.1. The molecule has 1 aliphatic heterocycles. The molecule has 1 amide bonds. The van der Waals surface area contributed by atoms with Gasteiger partial charge in [-0.15, -0.1) is 0 Å². The fourth-order valence-electron chi connectivity index (χ4n) is 4.11. The van der Waals surface area contributed by atoms with E-state index in [9.17, 15) is 9.18 Å². The quantitative estimate of drug-likeness (QED) is 0.712. The summed E-state index contributed by atoms with van der Waals surface area (Å²) >= 11 is 0. The molecule has 0 aliphatic carbocycles. The Kier molecular flexibility index (Phi) is 5.07. The molecule has 1 fully saturated rings. The Hall–Kier alpha value is -2.82. The second-order valence-electron chi connectivity index (χ2n) is 7.66. The van der Waals surface area contributed by atoms with Crippen LogP contribution in [0.2, 0.25) is 0 Å². The number of aromatic nitrogens is 1. The minimum absolute atomic E-state index is 0.0258.